The van der Waals surface area contributed by atoms with Crippen LogP contribution in [0, 0.1) is 57.7 Å². The van der Waals surface area contributed by atoms with Gasteiger partial charge in [-0.15, -0.1) is 0 Å². The molecule has 1 N–H and O–H groups in total. The SMILES string of the molecule is CC1CC2(C1)CN(C)C2.CC1CC2(CCN(C)C2)C1.CC1CCN(C)C1.CN1CCC2(C1)CN(C)C2.CN1CCC2C(C1)CN2C.CN1CCCN(C)CC1.CN1CCN(C)CC(O)C1.CN1C[C@@H]2CCCN(C)[C@@H]2C1.C[C@@H]1CCN(C)C1.C[C@H]1CCN(C)C1. The molecule has 13 heterocycles. The Morgan fingerprint density at radius 3 is 1.01 bits per heavy atom. The van der Waals surface area contributed by atoms with Crippen molar-refractivity contribution in [1.29, 1.82) is 0 Å². The molecule has 0 amide bonds. The number of nitrogens with zero attached hydrogens (tertiary/aromatic N) is 15. The van der Waals surface area contributed by atoms with E-state index in [-0.39, 0.29) is 6.10 Å². The number of fused-ring (bicyclic) bond motifs is 2. The molecule has 3 unspecified atom stereocenters. The molecule has 2 saturated carbocycles. The van der Waals surface area contributed by atoms with Crippen LogP contribution in [0.25, 0.3) is 0 Å². The molecular weight excluding hydrogens is 1110 g/mol. The van der Waals surface area contributed by atoms with Crippen LogP contribution in [0.3, 0.4) is 0 Å². The van der Waals surface area contributed by atoms with Gasteiger partial charge in [-0.25, -0.2) is 0 Å². The molecule has 15 aliphatic rings. The quantitative estimate of drug-likeness (QED) is 0.284. The largest absolute Gasteiger partial charge is 0.390 e. The summed E-state index contributed by atoms with van der Waals surface area (Å²) in [4.78, 5) is 36.0. The minimum absolute atomic E-state index is 0.169. The van der Waals surface area contributed by atoms with Crippen molar-refractivity contribution in [1.82, 2.24) is 73.5 Å². The highest BCUT2D eigenvalue weighted by Crippen LogP contribution is 2.52. The van der Waals surface area contributed by atoms with E-state index in [9.17, 15) is 5.11 Å². The average Bonchev–Trinajstić information content (AvgIpc) is 0.979. The smallest absolute Gasteiger partial charge is 0.0793 e. The number of aliphatic hydroxyl groups excluding tert-OH is 1. The third-order valence-electron chi connectivity index (χ3n) is 23.8. The second kappa shape index (κ2) is 37.9. The number of likely N-dealkylation sites (tertiary alicyclic amines) is 11. The summed E-state index contributed by atoms with van der Waals surface area (Å²) in [5.74, 6) is 6.85. The molecule has 0 bridgehead atoms. The maximum atomic E-state index is 9.35. The lowest BCUT2D eigenvalue weighted by Crippen LogP contribution is -2.61. The number of hydrogen-bond acceptors (Lipinski definition) is 16. The van der Waals surface area contributed by atoms with Crippen LogP contribution in [0.4, 0.5) is 0 Å². The Hall–Kier alpha value is -0.640. The molecule has 7 atom stereocenters. The minimum Gasteiger partial charge on any atom is -0.390 e. The Morgan fingerprint density at radius 1 is 0.256 bits per heavy atom. The first kappa shape index (κ1) is 78.4. The molecule has 2 aliphatic carbocycles. The van der Waals surface area contributed by atoms with Gasteiger partial charge in [0.2, 0.25) is 0 Å². The van der Waals surface area contributed by atoms with Gasteiger partial charge in [-0.3, -0.25) is 0 Å². The van der Waals surface area contributed by atoms with E-state index in [0.29, 0.717) is 5.41 Å². The zero-order valence-electron chi connectivity index (χ0n) is 63.4. The Morgan fingerprint density at radius 2 is 0.644 bits per heavy atom. The first-order valence-electron chi connectivity index (χ1n) is 37.5. The van der Waals surface area contributed by atoms with E-state index in [0.717, 1.165) is 90.5 Å². The number of β-amino-alcohol motifs (C(OH)–C–C–N with tert-alkyl or cyclic N) is 1. The van der Waals surface area contributed by atoms with E-state index in [1.807, 2.05) is 14.1 Å². The Kier molecular flexibility index (Phi) is 33.0. The molecule has 16 nitrogen and oxygen atoms in total. The summed E-state index contributed by atoms with van der Waals surface area (Å²) in [5, 5.41) is 9.35. The van der Waals surface area contributed by atoms with Crippen molar-refractivity contribution in [3.63, 3.8) is 0 Å². The third kappa shape index (κ3) is 27.0. The lowest BCUT2D eigenvalue weighted by atomic mass is 9.58. The number of aliphatic hydroxyl groups is 1. The van der Waals surface area contributed by atoms with Crippen molar-refractivity contribution in [3.8, 4) is 0 Å². The van der Waals surface area contributed by atoms with Crippen molar-refractivity contribution in [2.45, 2.75) is 136 Å². The number of hydrogen-bond donors (Lipinski definition) is 1. The highest BCUT2D eigenvalue weighted by molar-refractivity contribution is 5.02. The fourth-order valence-electron chi connectivity index (χ4n) is 19.1. The molecule has 13 saturated heterocycles. The molecule has 3 spiro atoms. The second-order valence-electron chi connectivity index (χ2n) is 34.9. The average molecular weight is 1270 g/mol. The first-order valence-corrected chi connectivity index (χ1v) is 37.5. The Balaban J connectivity index is 0.000000160. The van der Waals surface area contributed by atoms with E-state index in [2.05, 4.69) is 200 Å². The van der Waals surface area contributed by atoms with Crippen LogP contribution in [0.2, 0.25) is 0 Å². The van der Waals surface area contributed by atoms with E-state index in [1.54, 1.807) is 0 Å². The molecule has 90 heavy (non-hydrogen) atoms. The lowest BCUT2D eigenvalue weighted by molar-refractivity contribution is -0.0758. The summed E-state index contributed by atoms with van der Waals surface area (Å²) in [7, 11) is 32.9. The minimum atomic E-state index is -0.169. The van der Waals surface area contributed by atoms with Crippen LogP contribution in [0.15, 0.2) is 0 Å². The van der Waals surface area contributed by atoms with Gasteiger partial charge < -0.3 is 78.6 Å². The fourth-order valence-corrected chi connectivity index (χ4v) is 19.1. The normalized spacial score (nSPS) is 34.6. The van der Waals surface area contributed by atoms with Crippen LogP contribution in [0.5, 0.6) is 0 Å². The van der Waals surface area contributed by atoms with Crippen LogP contribution in [0.1, 0.15) is 118 Å². The molecule has 530 valence electrons. The summed E-state index contributed by atoms with van der Waals surface area (Å²) in [6.07, 6.45) is 18.5. The van der Waals surface area contributed by atoms with Crippen molar-refractivity contribution in [2.75, 3.05) is 289 Å². The number of piperidine rings is 2. The molecule has 15 rings (SSSR count). The Bertz CT molecular complexity index is 1770. The van der Waals surface area contributed by atoms with Crippen molar-refractivity contribution in [2.24, 2.45) is 57.7 Å². The zero-order valence-corrected chi connectivity index (χ0v) is 63.4. The molecule has 0 radical (unpaired) electrons. The summed E-state index contributed by atoms with van der Waals surface area (Å²) in [6.45, 7) is 46.9. The van der Waals surface area contributed by atoms with Gasteiger partial charge in [-0.1, -0.05) is 34.6 Å². The van der Waals surface area contributed by atoms with Gasteiger partial charge in [0.15, 0.2) is 0 Å². The predicted octanol–water partition coefficient (Wildman–Crippen LogP) is 6.59. The standard InChI is InChI=1S/C9H18N2.C9H17N.2C8H16N2.C8H15N.C7H16N2O.C7H16N2.3C6H13N/c1-10-6-8-4-3-5-11(2)9(8)7-10;1-8-5-9(6-8)3-4-10(2)7-9;1-9-4-3-8(5-9)6-10(2)7-8;1-9-4-3-8-7(5-9)6-10(8)2;1-7-3-8(4-7)5-9(2)6-8;1-8-3-4-9(2)6-7(10)5-8;1-8-4-3-5-9(2)7-6-8;3*1-6-3-4-7(2)5-6/h8-9H,3-7H2,1-2H3;8H,3-7H2,1-2H3;3-7H2,1-2H3;7-8H,3-6H2,1-2H3;7H,3-6H2,1-2H3;7,10H,3-6H2,1-2H3;3-7H2,1-2H3;3*6H,3-5H2,1-2H3/t8-,9+;;;;;;;2*6-;/m0......10./s1. The van der Waals surface area contributed by atoms with Crippen molar-refractivity contribution in [3.05, 3.63) is 0 Å². The van der Waals surface area contributed by atoms with Crippen LogP contribution < -0.4 is 0 Å². The second-order valence-corrected chi connectivity index (χ2v) is 34.9. The van der Waals surface area contributed by atoms with Gasteiger partial charge in [-0.2, -0.15) is 0 Å². The van der Waals surface area contributed by atoms with Gasteiger partial charge in [0.05, 0.1) is 6.10 Å². The highest BCUT2D eigenvalue weighted by Gasteiger charge is 2.49. The van der Waals surface area contributed by atoms with Gasteiger partial charge in [0, 0.05) is 142 Å². The van der Waals surface area contributed by atoms with Gasteiger partial charge in [0.1, 0.15) is 0 Å². The van der Waals surface area contributed by atoms with Gasteiger partial charge in [0.25, 0.3) is 0 Å². The van der Waals surface area contributed by atoms with Gasteiger partial charge >= 0.3 is 0 Å². The third-order valence-corrected chi connectivity index (χ3v) is 23.8. The predicted molar refractivity (Wildman–Crippen MR) is 386 cm³/mol. The molecule has 15 fully saturated rings. The Labute approximate surface area is 559 Å². The monoisotopic (exact) mass is 1270 g/mol. The van der Waals surface area contributed by atoms with E-state index in [4.69, 9.17) is 0 Å². The van der Waals surface area contributed by atoms with Crippen molar-refractivity contribution >= 4 is 0 Å². The maximum absolute atomic E-state index is 9.35. The molecule has 0 aromatic carbocycles. The topological polar surface area (TPSA) is 68.8 Å². The lowest BCUT2D eigenvalue weighted by Gasteiger charge is -2.57. The summed E-state index contributed by atoms with van der Waals surface area (Å²) >= 11 is 0. The molecule has 16 heteroatoms. The maximum Gasteiger partial charge on any atom is 0.0793 e. The number of rotatable bonds is 0. The van der Waals surface area contributed by atoms with Gasteiger partial charge in [-0.05, 0) is 300 Å². The molecule has 13 aliphatic heterocycles. The molecular formula is C74H153N15O. The van der Waals surface area contributed by atoms with Crippen LogP contribution in [-0.4, -0.2) is 386 Å². The van der Waals surface area contributed by atoms with E-state index < -0.39 is 0 Å². The van der Waals surface area contributed by atoms with E-state index in [1.165, 1.54) is 241 Å². The van der Waals surface area contributed by atoms with Crippen LogP contribution in [-0.2, 0) is 0 Å². The fraction of sp³-hybridized carbons (Fsp3) is 1.00. The molecule has 0 aromatic rings. The zero-order chi connectivity index (χ0) is 65.9. The highest BCUT2D eigenvalue weighted by atomic mass is 16.3. The molecule has 0 aromatic heterocycles. The number of likely N-dealkylation sites (N-methyl/N-ethyl adjacent to an activating group) is 6. The summed E-state index contributed by atoms with van der Waals surface area (Å²) < 4.78 is 0. The van der Waals surface area contributed by atoms with Crippen molar-refractivity contribution < 1.29 is 5.11 Å². The summed E-state index contributed by atoms with van der Waals surface area (Å²) in [5.41, 5.74) is 2.31. The first-order chi connectivity index (χ1) is 42.5. The van der Waals surface area contributed by atoms with E-state index >= 15 is 0 Å². The summed E-state index contributed by atoms with van der Waals surface area (Å²) in [6, 6.07) is 1.80. The van der Waals surface area contributed by atoms with Crippen LogP contribution >= 0.6 is 0 Å².